The zero-order valence-electron chi connectivity index (χ0n) is 22.1. The van der Waals surface area contributed by atoms with Crippen molar-refractivity contribution in [2.75, 3.05) is 0 Å². The Balaban J connectivity index is 0.000000747. The Labute approximate surface area is 266 Å². The smallest absolute Gasteiger partial charge is 0.293 e. The van der Waals surface area contributed by atoms with Crippen LogP contribution in [-0.2, 0) is 11.3 Å². The van der Waals surface area contributed by atoms with Crippen LogP contribution in [-0.4, -0.2) is 17.7 Å². The Morgan fingerprint density at radius 2 is 1.24 bits per heavy atom. The van der Waals surface area contributed by atoms with Crippen molar-refractivity contribution in [2.45, 2.75) is 116 Å². The molecule has 2 aromatic heterocycles. The molecule has 209 valence electrons. The normalized spacial score (nSPS) is 10.8. The van der Waals surface area contributed by atoms with Crippen LogP contribution in [0.5, 0.6) is 0 Å². The van der Waals surface area contributed by atoms with Crippen molar-refractivity contribution in [3.63, 3.8) is 0 Å². The number of hydrogen-bond acceptors (Lipinski definition) is 3. The second-order valence-electron chi connectivity index (χ2n) is 9.21. The fourth-order valence-corrected chi connectivity index (χ4v) is 4.51. The van der Waals surface area contributed by atoms with Gasteiger partial charge in [-0.25, -0.2) is 4.57 Å². The van der Waals surface area contributed by atoms with E-state index in [1.807, 2.05) is 0 Å². The predicted octanol–water partition coefficient (Wildman–Crippen LogP) is 8.91. The maximum atomic E-state index is 11.8. The summed E-state index contributed by atoms with van der Waals surface area (Å²) in [4.78, 5) is 21.7. The van der Waals surface area contributed by atoms with Crippen LogP contribution >= 0.6 is 11.3 Å². The van der Waals surface area contributed by atoms with Gasteiger partial charge >= 0.3 is 6.18 Å². The van der Waals surface area contributed by atoms with Crippen molar-refractivity contribution in [3.05, 3.63) is 53.0 Å². The number of alkyl halides is 3. The van der Waals surface area contributed by atoms with Crippen molar-refractivity contribution in [1.82, 2.24) is 0 Å². The van der Waals surface area contributed by atoms with Crippen molar-refractivity contribution in [1.29, 1.82) is 0 Å². The Kier molecular flexibility index (Phi) is 23.2. The molecule has 2 rings (SSSR count). The molecule has 0 bridgehead atoms. The van der Waals surface area contributed by atoms with Crippen molar-refractivity contribution < 1.29 is 76.7 Å². The third-order valence-corrected chi connectivity index (χ3v) is 6.89. The fraction of sp³-hybridized carbons (Fsp3) is 0.621. The number of ketones is 2. The van der Waals surface area contributed by atoms with Crippen molar-refractivity contribution >= 4 is 22.9 Å². The first kappa shape index (κ1) is 36.6. The van der Waals surface area contributed by atoms with Gasteiger partial charge in [-0.2, -0.15) is 13.2 Å². The van der Waals surface area contributed by atoms with E-state index in [9.17, 15) is 22.8 Å². The number of rotatable bonds is 18. The van der Waals surface area contributed by atoms with Crippen LogP contribution in [0.25, 0.3) is 0 Å². The zero-order valence-corrected chi connectivity index (χ0v) is 25.4. The SMILES string of the molecule is CCCCCCCCCCCCCCCC[n+]1ccccc1.O=C(CC(=O)C(F)(F)F)c1cccs1.[Eu]. The summed E-state index contributed by atoms with van der Waals surface area (Å²) in [6, 6.07) is 9.24. The van der Waals surface area contributed by atoms with Crippen LogP contribution in [0.1, 0.15) is 113 Å². The molecule has 0 spiro atoms. The molecule has 0 fully saturated rings. The minimum absolute atomic E-state index is 0. The van der Waals surface area contributed by atoms with E-state index in [0.29, 0.717) is 0 Å². The first-order valence-electron chi connectivity index (χ1n) is 13.5. The summed E-state index contributed by atoms with van der Waals surface area (Å²) in [5, 5.41) is 1.56. The van der Waals surface area contributed by atoms with Crippen LogP contribution in [0.15, 0.2) is 48.1 Å². The quantitative estimate of drug-likeness (QED) is 0.0684. The summed E-state index contributed by atoms with van der Waals surface area (Å²) in [5.41, 5.74) is 0. The van der Waals surface area contributed by atoms with E-state index in [-0.39, 0.29) is 54.3 Å². The van der Waals surface area contributed by atoms with Gasteiger partial charge in [-0.3, -0.25) is 9.59 Å². The number of hydrogen-bond donors (Lipinski definition) is 0. The third-order valence-electron chi connectivity index (χ3n) is 5.98. The largest absolute Gasteiger partial charge is 0.450 e. The summed E-state index contributed by atoms with van der Waals surface area (Å²) < 4.78 is 37.6. The minimum atomic E-state index is -4.92. The number of Topliss-reactive ketones (excluding diaryl/α,β-unsaturated/α-hetero) is 2. The molecule has 37 heavy (non-hydrogen) atoms. The number of pyridine rings is 1. The fourth-order valence-electron chi connectivity index (χ4n) is 3.84. The molecule has 0 amide bonds. The topological polar surface area (TPSA) is 38.0 Å². The van der Waals surface area contributed by atoms with E-state index in [0.717, 1.165) is 11.3 Å². The van der Waals surface area contributed by atoms with Gasteiger partial charge in [0.15, 0.2) is 18.2 Å². The molecule has 0 saturated heterocycles. The molecule has 0 aliphatic rings. The predicted molar refractivity (Wildman–Crippen MR) is 141 cm³/mol. The van der Waals surface area contributed by atoms with E-state index in [1.165, 1.54) is 109 Å². The second-order valence-corrected chi connectivity index (χ2v) is 10.2. The maximum Gasteiger partial charge on any atom is 0.450 e. The molecule has 0 atom stereocenters. The average molecular weight is 679 g/mol. The molecule has 0 saturated carbocycles. The van der Waals surface area contributed by atoms with Gasteiger partial charge in [-0.05, 0) is 17.9 Å². The van der Waals surface area contributed by atoms with Gasteiger partial charge in [0.1, 0.15) is 6.54 Å². The van der Waals surface area contributed by atoms with E-state index < -0.39 is 24.2 Å². The molecule has 2 aromatic rings. The van der Waals surface area contributed by atoms with Gasteiger partial charge < -0.3 is 0 Å². The van der Waals surface area contributed by atoms with Crippen LogP contribution in [0, 0.1) is 49.4 Å². The summed E-state index contributed by atoms with van der Waals surface area (Å²) in [6.07, 6.45) is 18.4. The number of thiophene rings is 1. The molecule has 8 heteroatoms. The van der Waals surface area contributed by atoms with E-state index in [4.69, 9.17) is 0 Å². The van der Waals surface area contributed by atoms with Crippen LogP contribution < -0.4 is 4.57 Å². The third kappa shape index (κ3) is 20.2. The molecule has 0 N–H and O–H groups in total. The summed E-state index contributed by atoms with van der Waals surface area (Å²) >= 11 is 1.01. The maximum absolute atomic E-state index is 11.8. The Bertz CT molecular complexity index is 814. The number of halogens is 3. The molecule has 0 aliphatic carbocycles. The molecular formula is C29H43EuF3NO2S+. The molecule has 0 aromatic carbocycles. The van der Waals surface area contributed by atoms with Gasteiger partial charge in [-0.1, -0.05) is 96.1 Å². The van der Waals surface area contributed by atoms with Crippen LogP contribution in [0.3, 0.4) is 0 Å². The molecular weight excluding hydrogens is 635 g/mol. The first-order chi connectivity index (χ1) is 17.3. The number of nitrogens with zero attached hydrogens (tertiary/aromatic N) is 1. The summed E-state index contributed by atoms with van der Waals surface area (Å²) in [5.74, 6) is -2.79. The van der Waals surface area contributed by atoms with Gasteiger partial charge in [0, 0.05) is 67.9 Å². The molecule has 0 aliphatic heterocycles. The molecule has 0 unspecified atom stereocenters. The summed E-state index contributed by atoms with van der Waals surface area (Å²) in [7, 11) is 0. The Morgan fingerprint density at radius 1 is 0.757 bits per heavy atom. The standard InChI is InChI=1S/C21H38N.C8H5F3O2S.Eu/c1-2-3-4-5-6-7-8-9-10-11-12-13-14-16-19-22-20-17-15-18-21-22;9-8(10,11)7(13)4-5(12)6-2-1-3-14-6;/h15,17-18,20-21H,2-14,16,19H2,1H3;1-3H,4H2;/q+1;;. The minimum Gasteiger partial charge on any atom is -0.293 e. The number of carbonyl (C=O) groups is 2. The molecule has 3 nitrogen and oxygen atoms in total. The first-order valence-corrected chi connectivity index (χ1v) is 14.3. The molecule has 2 heterocycles. The van der Waals surface area contributed by atoms with E-state index in [2.05, 4.69) is 42.1 Å². The number of aryl methyl sites for hydroxylation is 1. The second kappa shape index (κ2) is 23.5. The van der Waals surface area contributed by atoms with Gasteiger partial charge in [0.2, 0.25) is 5.78 Å². The van der Waals surface area contributed by atoms with E-state index in [1.54, 1.807) is 5.38 Å². The number of aromatic nitrogens is 1. The van der Waals surface area contributed by atoms with Gasteiger partial charge in [0.25, 0.3) is 0 Å². The van der Waals surface area contributed by atoms with Crippen LogP contribution in [0.2, 0.25) is 0 Å². The van der Waals surface area contributed by atoms with Crippen molar-refractivity contribution in [3.8, 4) is 0 Å². The zero-order chi connectivity index (χ0) is 26.5. The van der Waals surface area contributed by atoms with Crippen LogP contribution in [0.4, 0.5) is 13.2 Å². The Hall–Kier alpha value is -0.436. The monoisotopic (exact) mass is 679 g/mol. The van der Waals surface area contributed by atoms with E-state index >= 15 is 0 Å². The molecule has 1 radical (unpaired) electrons. The van der Waals surface area contributed by atoms with Gasteiger partial charge in [-0.15, -0.1) is 11.3 Å². The van der Waals surface area contributed by atoms with Gasteiger partial charge in [0.05, 0.1) is 11.3 Å². The number of unbranched alkanes of at least 4 members (excludes halogenated alkanes) is 13. The number of carbonyl (C=O) groups excluding carboxylic acids is 2. The average Bonchev–Trinajstić information content (AvgIpc) is 3.40. The van der Waals surface area contributed by atoms with Crippen molar-refractivity contribution in [2.24, 2.45) is 0 Å². The summed E-state index contributed by atoms with van der Waals surface area (Å²) in [6.45, 7) is 3.47. The Morgan fingerprint density at radius 3 is 1.68 bits per heavy atom.